The van der Waals surface area contributed by atoms with Gasteiger partial charge in [-0.05, 0) is 57.7 Å². The summed E-state index contributed by atoms with van der Waals surface area (Å²) in [6.45, 7) is 8.34. The average Bonchev–Trinajstić information content (AvgIpc) is 2.69. The zero-order chi connectivity index (χ0) is 21.3. The Morgan fingerprint density at radius 2 is 1.90 bits per heavy atom. The number of methoxy groups -OCH3 is 1. The first-order valence-corrected chi connectivity index (χ1v) is 10.4. The van der Waals surface area contributed by atoms with E-state index in [1.165, 1.54) is 5.56 Å². The molecule has 0 radical (unpaired) electrons. The highest BCUT2D eigenvalue weighted by atomic mass is 16.6. The fourth-order valence-electron chi connectivity index (χ4n) is 3.12. The molecule has 1 heterocycles. The highest BCUT2D eigenvalue weighted by molar-refractivity contribution is 5.68. The Hall–Kier alpha value is -1.83. The van der Waals surface area contributed by atoms with Crippen molar-refractivity contribution < 1.29 is 24.1 Å². The van der Waals surface area contributed by atoms with Crippen molar-refractivity contribution in [2.24, 2.45) is 0 Å². The smallest absolute Gasteiger partial charge is 0.410 e. The highest BCUT2D eigenvalue weighted by Gasteiger charge is 2.26. The molecule has 1 aliphatic rings. The lowest BCUT2D eigenvalue weighted by Crippen LogP contribution is -2.48. The summed E-state index contributed by atoms with van der Waals surface area (Å²) in [6.07, 6.45) is 1.71. The van der Waals surface area contributed by atoms with Gasteiger partial charge in [0.1, 0.15) is 24.1 Å². The van der Waals surface area contributed by atoms with E-state index in [4.69, 9.17) is 14.2 Å². The number of amides is 1. The summed E-state index contributed by atoms with van der Waals surface area (Å²) in [7, 11) is 1.69. The maximum absolute atomic E-state index is 12.1. The Kier molecular flexibility index (Phi) is 9.20. The summed E-state index contributed by atoms with van der Waals surface area (Å²) in [5.41, 5.74) is 0.722. The van der Waals surface area contributed by atoms with Gasteiger partial charge in [-0.25, -0.2) is 4.79 Å². The molecule has 7 heteroatoms. The molecule has 0 aliphatic carbocycles. The Morgan fingerprint density at radius 1 is 1.24 bits per heavy atom. The van der Waals surface area contributed by atoms with E-state index >= 15 is 0 Å². The van der Waals surface area contributed by atoms with Crippen LogP contribution >= 0.6 is 0 Å². The van der Waals surface area contributed by atoms with Crippen LogP contribution < -0.4 is 10.1 Å². The molecule has 0 spiro atoms. The van der Waals surface area contributed by atoms with Gasteiger partial charge in [-0.1, -0.05) is 12.1 Å². The summed E-state index contributed by atoms with van der Waals surface area (Å²) < 4.78 is 16.2. The van der Waals surface area contributed by atoms with Crippen LogP contribution in [0.15, 0.2) is 24.3 Å². The first kappa shape index (κ1) is 23.4. The van der Waals surface area contributed by atoms with E-state index in [2.05, 4.69) is 5.32 Å². The molecule has 1 saturated heterocycles. The van der Waals surface area contributed by atoms with Crippen molar-refractivity contribution in [1.29, 1.82) is 0 Å². The van der Waals surface area contributed by atoms with Crippen LogP contribution in [-0.4, -0.2) is 73.8 Å². The van der Waals surface area contributed by atoms with Gasteiger partial charge in [-0.3, -0.25) is 0 Å². The molecule has 29 heavy (non-hydrogen) atoms. The summed E-state index contributed by atoms with van der Waals surface area (Å²) in [6, 6.07) is 8.13. The number of piperidine rings is 1. The van der Waals surface area contributed by atoms with Gasteiger partial charge < -0.3 is 29.5 Å². The molecule has 1 unspecified atom stereocenters. The van der Waals surface area contributed by atoms with E-state index in [1.54, 1.807) is 12.0 Å². The number of benzene rings is 1. The van der Waals surface area contributed by atoms with Gasteiger partial charge >= 0.3 is 6.09 Å². The first-order valence-electron chi connectivity index (χ1n) is 10.4. The lowest BCUT2D eigenvalue weighted by Gasteiger charge is -2.34. The van der Waals surface area contributed by atoms with Crippen LogP contribution in [0.1, 0.15) is 39.2 Å². The number of carbonyl (C=O) groups is 1. The van der Waals surface area contributed by atoms with E-state index < -0.39 is 11.7 Å². The van der Waals surface area contributed by atoms with Gasteiger partial charge in [0.05, 0.1) is 6.61 Å². The van der Waals surface area contributed by atoms with Crippen LogP contribution in [0.2, 0.25) is 0 Å². The Labute approximate surface area is 174 Å². The zero-order valence-corrected chi connectivity index (χ0v) is 18.1. The number of aliphatic hydroxyl groups excluding tert-OH is 1. The summed E-state index contributed by atoms with van der Waals surface area (Å²) in [5, 5.41) is 13.6. The lowest BCUT2D eigenvalue weighted by molar-refractivity contribution is 0.0192. The molecule has 0 bridgehead atoms. The van der Waals surface area contributed by atoms with E-state index in [1.807, 2.05) is 45.0 Å². The van der Waals surface area contributed by atoms with Gasteiger partial charge in [0, 0.05) is 32.8 Å². The van der Waals surface area contributed by atoms with Gasteiger partial charge in [-0.2, -0.15) is 0 Å². The van der Waals surface area contributed by atoms with Crippen LogP contribution in [0.4, 0.5) is 4.79 Å². The number of carbonyl (C=O) groups excluding carboxylic acids is 1. The largest absolute Gasteiger partial charge is 0.491 e. The minimum absolute atomic E-state index is 0.237. The molecule has 164 valence electrons. The van der Waals surface area contributed by atoms with Crippen molar-refractivity contribution in [3.63, 3.8) is 0 Å². The predicted octanol–water partition coefficient (Wildman–Crippen LogP) is 2.60. The van der Waals surface area contributed by atoms with Crippen LogP contribution in [-0.2, 0) is 15.9 Å². The third-order valence-corrected chi connectivity index (χ3v) is 4.75. The monoisotopic (exact) mass is 408 g/mol. The Morgan fingerprint density at radius 3 is 2.48 bits per heavy atom. The second kappa shape index (κ2) is 11.4. The summed E-state index contributed by atoms with van der Waals surface area (Å²) in [5.74, 6) is 0.746. The number of hydrogen-bond donors (Lipinski definition) is 2. The fraction of sp³-hybridized carbons (Fsp3) is 0.682. The lowest BCUT2D eigenvalue weighted by atomic mass is 10.1. The molecular weight excluding hydrogens is 372 g/mol. The van der Waals surface area contributed by atoms with Crippen molar-refractivity contribution in [3.8, 4) is 5.75 Å². The Bertz CT molecular complexity index is 607. The van der Waals surface area contributed by atoms with Crippen LogP contribution in [0, 0.1) is 0 Å². The number of hydrogen-bond acceptors (Lipinski definition) is 6. The number of aliphatic hydroxyl groups is 1. The van der Waals surface area contributed by atoms with E-state index in [-0.39, 0.29) is 18.7 Å². The van der Waals surface area contributed by atoms with Gasteiger partial charge in [0.25, 0.3) is 0 Å². The fourth-order valence-corrected chi connectivity index (χ4v) is 3.12. The number of ether oxygens (including phenoxy) is 3. The Balaban J connectivity index is 1.62. The van der Waals surface area contributed by atoms with Crippen LogP contribution in [0.3, 0.4) is 0 Å². The zero-order valence-electron chi connectivity index (χ0n) is 18.1. The average molecular weight is 409 g/mol. The molecule has 0 saturated carbocycles. The molecule has 1 aromatic carbocycles. The van der Waals surface area contributed by atoms with E-state index in [0.717, 1.165) is 25.0 Å². The quantitative estimate of drug-likeness (QED) is 0.654. The SMILES string of the molecule is COCCc1ccc(OCC(O)CNC2CCN(C(=O)OC(C)(C)C)CC2)cc1. The van der Waals surface area contributed by atoms with Gasteiger partial charge in [0.15, 0.2) is 0 Å². The van der Waals surface area contributed by atoms with Gasteiger partial charge in [0.2, 0.25) is 0 Å². The van der Waals surface area contributed by atoms with Gasteiger partial charge in [-0.15, -0.1) is 0 Å². The van der Waals surface area contributed by atoms with Crippen LogP contribution in [0.5, 0.6) is 5.75 Å². The molecular formula is C22H36N2O5. The number of nitrogens with one attached hydrogen (secondary N) is 1. The molecule has 2 N–H and O–H groups in total. The summed E-state index contributed by atoms with van der Waals surface area (Å²) in [4.78, 5) is 13.8. The molecule has 7 nitrogen and oxygen atoms in total. The number of nitrogens with zero attached hydrogens (tertiary/aromatic N) is 1. The third-order valence-electron chi connectivity index (χ3n) is 4.75. The normalized spacial score (nSPS) is 16.5. The van der Waals surface area contributed by atoms with Crippen molar-refractivity contribution in [3.05, 3.63) is 29.8 Å². The molecule has 1 atom stereocenters. The highest BCUT2D eigenvalue weighted by Crippen LogP contribution is 2.16. The minimum Gasteiger partial charge on any atom is -0.491 e. The third kappa shape index (κ3) is 9.02. The summed E-state index contributed by atoms with van der Waals surface area (Å²) >= 11 is 0. The molecule has 1 amide bonds. The number of likely N-dealkylation sites (tertiary alicyclic amines) is 1. The molecule has 1 fully saturated rings. The van der Waals surface area contributed by atoms with Crippen molar-refractivity contribution in [1.82, 2.24) is 10.2 Å². The van der Waals surface area contributed by atoms with Crippen molar-refractivity contribution in [2.75, 3.05) is 40.0 Å². The van der Waals surface area contributed by atoms with Crippen LogP contribution in [0.25, 0.3) is 0 Å². The minimum atomic E-state index is -0.591. The predicted molar refractivity (Wildman–Crippen MR) is 112 cm³/mol. The molecule has 1 aromatic rings. The van der Waals surface area contributed by atoms with Crippen molar-refractivity contribution in [2.45, 2.75) is 57.8 Å². The first-order chi connectivity index (χ1) is 13.8. The maximum atomic E-state index is 12.1. The standard InChI is InChI=1S/C22H36N2O5/c1-22(2,3)29-21(26)24-12-9-18(10-13-24)23-15-19(25)16-28-20-7-5-17(6-8-20)11-14-27-4/h5-8,18-19,23,25H,9-16H2,1-4H3. The number of rotatable bonds is 9. The van der Waals surface area contributed by atoms with Crippen molar-refractivity contribution >= 4 is 6.09 Å². The molecule has 0 aromatic heterocycles. The second-order valence-corrected chi connectivity index (χ2v) is 8.50. The topological polar surface area (TPSA) is 80.3 Å². The maximum Gasteiger partial charge on any atom is 0.410 e. The van der Waals surface area contributed by atoms with E-state index in [9.17, 15) is 9.90 Å². The molecule has 1 aliphatic heterocycles. The molecule has 2 rings (SSSR count). The van der Waals surface area contributed by atoms with E-state index in [0.29, 0.717) is 26.2 Å². The second-order valence-electron chi connectivity index (χ2n) is 8.50.